The van der Waals surface area contributed by atoms with E-state index in [0.29, 0.717) is 22.4 Å². The van der Waals surface area contributed by atoms with Crippen LogP contribution in [0.4, 0.5) is 5.82 Å². The summed E-state index contributed by atoms with van der Waals surface area (Å²) in [5, 5.41) is 0.482. The second kappa shape index (κ2) is 7.17. The zero-order chi connectivity index (χ0) is 21.9. The van der Waals surface area contributed by atoms with Crippen LogP contribution >= 0.6 is 15.9 Å². The highest BCUT2D eigenvalue weighted by atomic mass is 79.9. The Morgan fingerprint density at radius 2 is 1.68 bits per heavy atom. The van der Waals surface area contributed by atoms with Gasteiger partial charge in [-0.1, -0.05) is 28.1 Å². The summed E-state index contributed by atoms with van der Waals surface area (Å²) < 4.78 is 6.98. The number of anilines is 1. The molecule has 4 aromatic rings. The number of fused-ring (bicyclic) bond motifs is 2. The number of hydrogen-bond acceptors (Lipinski definition) is 4. The minimum Gasteiger partial charge on any atom is -0.450 e. The molecule has 1 aliphatic rings. The van der Waals surface area contributed by atoms with E-state index in [2.05, 4.69) is 20.9 Å². The van der Waals surface area contributed by atoms with Crippen LogP contribution in [-0.2, 0) is 0 Å². The Hall–Kier alpha value is -3.25. The Morgan fingerprint density at radius 3 is 2.39 bits per heavy atom. The van der Waals surface area contributed by atoms with Gasteiger partial charge in [0.05, 0.1) is 17.0 Å². The predicted octanol–water partition coefficient (Wildman–Crippen LogP) is 5.63. The molecule has 2 aromatic carbocycles. The first-order valence-corrected chi connectivity index (χ1v) is 10.7. The van der Waals surface area contributed by atoms with Crippen LogP contribution in [0.1, 0.15) is 44.4 Å². The first-order valence-electron chi connectivity index (χ1n) is 9.95. The van der Waals surface area contributed by atoms with Crippen molar-refractivity contribution in [2.24, 2.45) is 0 Å². The van der Waals surface area contributed by atoms with Crippen molar-refractivity contribution in [1.82, 2.24) is 4.98 Å². The Bertz CT molecular complexity index is 1420. The van der Waals surface area contributed by atoms with Crippen molar-refractivity contribution in [2.75, 3.05) is 4.90 Å². The first kappa shape index (κ1) is 19.7. The summed E-state index contributed by atoms with van der Waals surface area (Å²) in [5.74, 6) is 0.204. The van der Waals surface area contributed by atoms with Gasteiger partial charge in [0.25, 0.3) is 5.91 Å². The molecule has 0 spiro atoms. The van der Waals surface area contributed by atoms with Crippen LogP contribution < -0.4 is 10.3 Å². The molecule has 6 heteroatoms. The third-order valence-electron chi connectivity index (χ3n) is 5.82. The molecule has 1 amide bonds. The summed E-state index contributed by atoms with van der Waals surface area (Å²) >= 11 is 3.46. The van der Waals surface area contributed by atoms with Crippen LogP contribution in [-0.4, -0.2) is 10.9 Å². The number of benzene rings is 2. The number of nitrogens with zero attached hydrogens (tertiary/aromatic N) is 2. The molecular weight excluding hydrogens is 456 g/mol. The summed E-state index contributed by atoms with van der Waals surface area (Å²) in [6.07, 6.45) is 1.66. The highest BCUT2D eigenvalue weighted by molar-refractivity contribution is 9.10. The van der Waals surface area contributed by atoms with Gasteiger partial charge in [-0.05, 0) is 79.4 Å². The van der Waals surface area contributed by atoms with Crippen molar-refractivity contribution in [3.8, 4) is 0 Å². The van der Waals surface area contributed by atoms with Crippen molar-refractivity contribution in [3.63, 3.8) is 0 Å². The van der Waals surface area contributed by atoms with E-state index in [9.17, 15) is 9.59 Å². The van der Waals surface area contributed by atoms with Gasteiger partial charge in [0.15, 0.2) is 5.43 Å². The number of halogens is 1. The van der Waals surface area contributed by atoms with Gasteiger partial charge in [-0.2, -0.15) is 0 Å². The molecular formula is C25H19BrN2O3. The third-order valence-corrected chi connectivity index (χ3v) is 6.35. The maximum atomic E-state index is 13.7. The number of hydrogen-bond donors (Lipinski definition) is 0. The van der Waals surface area contributed by atoms with Crippen molar-refractivity contribution in [3.05, 3.63) is 103 Å². The summed E-state index contributed by atoms with van der Waals surface area (Å²) in [5.41, 5.74) is 4.38. The zero-order valence-electron chi connectivity index (χ0n) is 17.3. The molecule has 1 atom stereocenters. The van der Waals surface area contributed by atoms with E-state index in [1.54, 1.807) is 11.1 Å². The van der Waals surface area contributed by atoms with Crippen LogP contribution in [0.2, 0.25) is 0 Å². The fourth-order valence-electron chi connectivity index (χ4n) is 4.08. The number of amides is 1. The molecule has 1 unspecified atom stereocenters. The summed E-state index contributed by atoms with van der Waals surface area (Å²) in [4.78, 5) is 33.2. The molecule has 31 heavy (non-hydrogen) atoms. The number of pyridine rings is 1. The first-order chi connectivity index (χ1) is 14.8. The number of carbonyl (C=O) groups is 1. The lowest BCUT2D eigenvalue weighted by Gasteiger charge is -2.24. The van der Waals surface area contributed by atoms with E-state index in [0.717, 1.165) is 26.7 Å². The molecule has 0 radical (unpaired) electrons. The lowest BCUT2D eigenvalue weighted by molar-refractivity contribution is 0.0970. The van der Waals surface area contributed by atoms with Gasteiger partial charge in [-0.25, -0.2) is 4.98 Å². The zero-order valence-corrected chi connectivity index (χ0v) is 18.9. The van der Waals surface area contributed by atoms with E-state index < -0.39 is 6.04 Å². The largest absolute Gasteiger partial charge is 0.450 e. The van der Waals surface area contributed by atoms with Gasteiger partial charge >= 0.3 is 0 Å². The second-order valence-electron chi connectivity index (χ2n) is 7.93. The molecule has 154 valence electrons. The molecule has 3 heterocycles. The third kappa shape index (κ3) is 3.10. The number of carbonyl (C=O) groups excluding carboxylic acids is 1. The van der Waals surface area contributed by atoms with Crippen molar-refractivity contribution in [1.29, 1.82) is 0 Å². The fourth-order valence-corrected chi connectivity index (χ4v) is 4.34. The van der Waals surface area contributed by atoms with Crippen LogP contribution in [0.15, 0.2) is 68.4 Å². The molecule has 1 aliphatic heterocycles. The SMILES string of the molecule is Cc1ccnc(N2C(=O)c3oc4cc(C)c(C)cc4c(=O)c3C2c2ccc(Br)cc2)c1. The second-order valence-corrected chi connectivity index (χ2v) is 8.84. The van der Waals surface area contributed by atoms with Gasteiger partial charge in [0.1, 0.15) is 11.4 Å². The highest BCUT2D eigenvalue weighted by Crippen LogP contribution is 2.41. The van der Waals surface area contributed by atoms with Crippen molar-refractivity contribution in [2.45, 2.75) is 26.8 Å². The molecule has 5 rings (SSSR count). The van der Waals surface area contributed by atoms with Gasteiger partial charge in [-0.15, -0.1) is 0 Å². The number of aryl methyl sites for hydroxylation is 3. The molecule has 0 N–H and O–H groups in total. The van der Waals surface area contributed by atoms with E-state index in [4.69, 9.17) is 4.42 Å². The van der Waals surface area contributed by atoms with Crippen LogP contribution in [0.3, 0.4) is 0 Å². The van der Waals surface area contributed by atoms with Crippen molar-refractivity contribution < 1.29 is 9.21 Å². The molecule has 2 aromatic heterocycles. The fraction of sp³-hybridized carbons (Fsp3) is 0.160. The van der Waals surface area contributed by atoms with E-state index >= 15 is 0 Å². The van der Waals surface area contributed by atoms with Gasteiger partial charge in [0, 0.05) is 10.7 Å². The maximum absolute atomic E-state index is 13.7. The smallest absolute Gasteiger partial charge is 0.296 e. The van der Waals surface area contributed by atoms with E-state index in [-0.39, 0.29) is 17.1 Å². The Morgan fingerprint density at radius 1 is 0.968 bits per heavy atom. The minimum absolute atomic E-state index is 0.0805. The van der Waals surface area contributed by atoms with Gasteiger partial charge in [0.2, 0.25) is 5.76 Å². The quantitative estimate of drug-likeness (QED) is 0.377. The lowest BCUT2D eigenvalue weighted by Crippen LogP contribution is -2.30. The number of rotatable bonds is 2. The topological polar surface area (TPSA) is 63.4 Å². The summed E-state index contributed by atoms with van der Waals surface area (Å²) in [7, 11) is 0. The van der Waals surface area contributed by atoms with Crippen LogP contribution in [0.5, 0.6) is 0 Å². The average Bonchev–Trinajstić information content (AvgIpc) is 3.03. The van der Waals surface area contributed by atoms with Gasteiger partial charge in [-0.3, -0.25) is 14.5 Å². The van der Waals surface area contributed by atoms with E-state index in [1.807, 2.05) is 69.3 Å². The average molecular weight is 475 g/mol. The minimum atomic E-state index is -0.618. The van der Waals surface area contributed by atoms with Gasteiger partial charge < -0.3 is 4.42 Å². The normalized spacial score (nSPS) is 15.5. The summed E-state index contributed by atoms with van der Waals surface area (Å²) in [6.45, 7) is 5.86. The Labute approximate surface area is 187 Å². The molecule has 0 saturated carbocycles. The highest BCUT2D eigenvalue weighted by Gasteiger charge is 2.44. The predicted molar refractivity (Wildman–Crippen MR) is 124 cm³/mol. The van der Waals surface area contributed by atoms with Crippen LogP contribution in [0, 0.1) is 20.8 Å². The summed E-state index contributed by atoms with van der Waals surface area (Å²) in [6, 6.07) is 14.4. The number of aromatic nitrogens is 1. The molecule has 5 nitrogen and oxygen atoms in total. The molecule has 0 fully saturated rings. The Balaban J connectivity index is 1.83. The molecule has 0 saturated heterocycles. The Kier molecular flexibility index (Phi) is 4.55. The van der Waals surface area contributed by atoms with Crippen molar-refractivity contribution >= 4 is 38.6 Å². The lowest BCUT2D eigenvalue weighted by atomic mass is 9.97. The standard InChI is InChI=1S/C25H19BrN2O3/c1-13-8-9-27-20(10-13)28-22(16-4-6-17(26)7-5-16)21-23(29)18-11-14(2)15(3)12-19(18)31-24(21)25(28)30/h4-12,22H,1-3H3. The molecule has 0 aliphatic carbocycles. The maximum Gasteiger partial charge on any atom is 0.296 e. The van der Waals surface area contributed by atoms with Crippen LogP contribution in [0.25, 0.3) is 11.0 Å². The van der Waals surface area contributed by atoms with E-state index in [1.165, 1.54) is 0 Å². The molecule has 0 bridgehead atoms. The monoisotopic (exact) mass is 474 g/mol.